The number of hydrogen-bond donors (Lipinski definition) is 2. The van der Waals surface area contributed by atoms with E-state index in [1.165, 1.54) is 12.1 Å². The molecule has 1 aromatic heterocycles. The van der Waals surface area contributed by atoms with Crippen molar-refractivity contribution in [1.82, 2.24) is 4.57 Å². The highest BCUT2D eigenvalue weighted by Crippen LogP contribution is 2.44. The molecule has 10 heteroatoms. The molecule has 2 atom stereocenters. The van der Waals surface area contributed by atoms with Crippen molar-refractivity contribution >= 4 is 34.2 Å². The summed E-state index contributed by atoms with van der Waals surface area (Å²) >= 11 is 0. The van der Waals surface area contributed by atoms with Crippen LogP contribution in [0, 0.1) is 5.82 Å². The number of hydrogen-bond acceptors (Lipinski definition) is 4. The normalized spacial score (nSPS) is 13.9. The van der Waals surface area contributed by atoms with Crippen molar-refractivity contribution < 1.29 is 27.9 Å². The van der Waals surface area contributed by atoms with Gasteiger partial charge in [-0.05, 0) is 103 Å². The number of carbonyl (C=O) groups excluding carboxylic acids is 1. The number of aromatic nitrogens is 1. The highest BCUT2D eigenvalue weighted by atomic mass is 28.4. The second-order valence-corrected chi connectivity index (χ2v) is 27.6. The molecule has 0 aliphatic rings. The number of anilines is 1. The van der Waals surface area contributed by atoms with Gasteiger partial charge in [0, 0.05) is 29.6 Å². The lowest BCUT2D eigenvalue weighted by molar-refractivity contribution is -0.139. The molecule has 0 aliphatic heterocycles. The Kier molecular flexibility index (Phi) is 14.0. The van der Waals surface area contributed by atoms with Gasteiger partial charge in [-0.15, -0.1) is 0 Å². The first-order chi connectivity index (χ1) is 25.5. The quantitative estimate of drug-likeness (QED) is 0.110. The first-order valence-corrected chi connectivity index (χ1v) is 25.4. The van der Waals surface area contributed by atoms with E-state index in [4.69, 9.17) is 8.85 Å². The Morgan fingerprint density at radius 3 is 1.76 bits per heavy atom. The minimum atomic E-state index is -2.35. The van der Waals surface area contributed by atoms with Gasteiger partial charge in [0.1, 0.15) is 5.82 Å². The van der Waals surface area contributed by atoms with Crippen LogP contribution in [0.1, 0.15) is 96.6 Å². The summed E-state index contributed by atoms with van der Waals surface area (Å²) in [6.07, 6.45) is -0.0260. The van der Waals surface area contributed by atoms with E-state index >= 15 is 0 Å². The third kappa shape index (κ3) is 10.9. The fraction of sp³-hybridized carbons (Fsp3) is 0.467. The molecule has 0 bridgehead atoms. The van der Waals surface area contributed by atoms with Gasteiger partial charge in [0.2, 0.25) is 0 Å². The van der Waals surface area contributed by atoms with Crippen LogP contribution in [0.5, 0.6) is 0 Å². The van der Waals surface area contributed by atoms with Crippen molar-refractivity contribution in [3.63, 3.8) is 0 Å². The maximum absolute atomic E-state index is 14.6. The molecule has 7 nitrogen and oxygen atoms in total. The Morgan fingerprint density at radius 1 is 0.764 bits per heavy atom. The van der Waals surface area contributed by atoms with Crippen LogP contribution < -0.4 is 5.32 Å². The minimum Gasteiger partial charge on any atom is -0.481 e. The molecule has 298 valence electrons. The monoisotopic (exact) mass is 786 g/mol. The van der Waals surface area contributed by atoms with Crippen LogP contribution in [0.25, 0.3) is 22.4 Å². The van der Waals surface area contributed by atoms with E-state index in [2.05, 4.69) is 91.5 Å². The molecule has 0 aliphatic carbocycles. The van der Waals surface area contributed by atoms with Crippen LogP contribution in [0.4, 0.5) is 10.1 Å². The van der Waals surface area contributed by atoms with Crippen LogP contribution in [0.3, 0.4) is 0 Å². The molecule has 0 unspecified atom stereocenters. The van der Waals surface area contributed by atoms with Crippen LogP contribution >= 0.6 is 0 Å². The number of halogens is 1. The maximum atomic E-state index is 14.6. The van der Waals surface area contributed by atoms with Gasteiger partial charge in [-0.3, -0.25) is 9.59 Å². The van der Waals surface area contributed by atoms with Crippen molar-refractivity contribution in [3.05, 3.63) is 102 Å². The Morgan fingerprint density at radius 2 is 1.27 bits per heavy atom. The topological polar surface area (TPSA) is 89.8 Å². The zero-order valence-electron chi connectivity index (χ0n) is 35.0. The molecule has 4 aromatic rings. The predicted molar refractivity (Wildman–Crippen MR) is 229 cm³/mol. The van der Waals surface area contributed by atoms with Crippen molar-refractivity contribution in [3.8, 4) is 22.4 Å². The van der Waals surface area contributed by atoms with E-state index in [9.17, 15) is 19.1 Å². The van der Waals surface area contributed by atoms with E-state index in [1.54, 1.807) is 12.1 Å². The zero-order valence-corrected chi connectivity index (χ0v) is 37.0. The van der Waals surface area contributed by atoms with Gasteiger partial charge in [-0.1, -0.05) is 104 Å². The summed E-state index contributed by atoms with van der Waals surface area (Å²) < 4.78 is 30.7. The number of aliphatic carboxylic acids is 1. The largest absolute Gasteiger partial charge is 0.481 e. The second-order valence-electron chi connectivity index (χ2n) is 18.1. The molecule has 4 rings (SSSR count). The van der Waals surface area contributed by atoms with E-state index in [0.29, 0.717) is 30.6 Å². The number of carboxylic acid groups (broad SMARTS) is 1. The van der Waals surface area contributed by atoms with Gasteiger partial charge >= 0.3 is 5.97 Å². The number of nitrogens with zero attached hydrogens (tertiary/aromatic N) is 1. The lowest BCUT2D eigenvalue weighted by Crippen LogP contribution is -2.47. The average molecular weight is 787 g/mol. The molecule has 55 heavy (non-hydrogen) atoms. The first-order valence-electron chi connectivity index (χ1n) is 19.5. The number of rotatable bonds is 16. The Balaban J connectivity index is 1.94. The minimum absolute atomic E-state index is 0.0744. The Labute approximate surface area is 330 Å². The lowest BCUT2D eigenvalue weighted by Gasteiger charge is -2.42. The highest BCUT2D eigenvalue weighted by Gasteiger charge is 2.43. The molecule has 2 N–H and O–H groups in total. The summed E-state index contributed by atoms with van der Waals surface area (Å²) in [6, 6.07) is 25.8. The molecular weight excluding hydrogens is 724 g/mol. The van der Waals surface area contributed by atoms with Gasteiger partial charge in [-0.2, -0.15) is 0 Å². The summed E-state index contributed by atoms with van der Waals surface area (Å²) in [5.74, 6) is -1.55. The number of carbonyl (C=O) groups is 2. The zero-order chi connectivity index (χ0) is 40.9. The molecule has 3 aromatic carbocycles. The number of benzene rings is 3. The molecule has 0 saturated carbocycles. The SMILES string of the molecule is CC(C)c1c(C(=O)Nc2ccccc2)c(-c2ccccc2)c(-c2ccc(F)cc2)n1CC[C@H](C[C@H](CC(=O)O)O[Si](C)(C)C(C)(C)C)O[Si](C)(C)C(C)(C)C. The Hall–Kier alpha value is -3.84. The van der Waals surface area contributed by atoms with Crippen LogP contribution in [0.2, 0.25) is 36.3 Å². The third-order valence-corrected chi connectivity index (χ3v) is 20.5. The van der Waals surface area contributed by atoms with Gasteiger partial charge in [0.15, 0.2) is 16.6 Å². The van der Waals surface area contributed by atoms with Crippen LogP contribution in [0.15, 0.2) is 84.9 Å². The molecule has 0 spiro atoms. The average Bonchev–Trinajstić information content (AvgIpc) is 3.42. The molecule has 0 radical (unpaired) electrons. The van der Waals surface area contributed by atoms with Gasteiger partial charge in [0.25, 0.3) is 5.91 Å². The standard InChI is InChI=1S/C45H63FN2O5Si2/c1-31(2)41-40(43(51)47-35-21-17-14-18-22-35)39(32-19-15-13-16-20-32)42(33-23-25-34(46)26-24-33)48(41)28-27-36(52-54(9,10)44(3,4)5)29-37(30-38(49)50)53-55(11,12)45(6,7)8/h13-26,31,36-37H,27-30H2,1-12H3,(H,47,51)(H,49,50)/t36-,37-/m1/s1. The third-order valence-electron chi connectivity index (χ3n) is 11.4. The summed E-state index contributed by atoms with van der Waals surface area (Å²) in [5, 5.41) is 13.0. The van der Waals surface area contributed by atoms with Crippen molar-refractivity contribution in [2.24, 2.45) is 0 Å². The fourth-order valence-electron chi connectivity index (χ4n) is 6.55. The fourth-order valence-corrected chi connectivity index (χ4v) is 9.32. The van der Waals surface area contributed by atoms with Crippen molar-refractivity contribution in [1.29, 1.82) is 0 Å². The predicted octanol–water partition coefficient (Wildman–Crippen LogP) is 12.4. The smallest absolute Gasteiger partial charge is 0.305 e. The summed E-state index contributed by atoms with van der Waals surface area (Å²) in [4.78, 5) is 26.9. The summed E-state index contributed by atoms with van der Waals surface area (Å²) in [6.45, 7) is 26.5. The summed E-state index contributed by atoms with van der Waals surface area (Å²) in [5.41, 5.74) is 5.36. The number of carboxylic acids is 1. The van der Waals surface area contributed by atoms with Crippen LogP contribution in [-0.2, 0) is 20.2 Å². The number of para-hydroxylation sites is 1. The van der Waals surface area contributed by atoms with Gasteiger partial charge in [-0.25, -0.2) is 4.39 Å². The second kappa shape index (κ2) is 17.5. The van der Waals surface area contributed by atoms with Crippen molar-refractivity contribution in [2.75, 3.05) is 5.32 Å². The van der Waals surface area contributed by atoms with E-state index in [1.807, 2.05) is 60.7 Å². The first kappa shape index (κ1) is 43.9. The Bertz CT molecular complexity index is 1890. The molecule has 0 fully saturated rings. The van der Waals surface area contributed by atoms with Gasteiger partial charge in [0.05, 0.1) is 23.8 Å². The van der Waals surface area contributed by atoms with Crippen molar-refractivity contribution in [2.45, 2.75) is 136 Å². The molecular formula is C45H63FN2O5Si2. The molecule has 1 heterocycles. The highest BCUT2D eigenvalue weighted by molar-refractivity contribution is 6.74. The van der Waals surface area contributed by atoms with E-state index < -0.39 is 28.7 Å². The lowest BCUT2D eigenvalue weighted by atomic mass is 9.94. The van der Waals surface area contributed by atoms with E-state index in [0.717, 1.165) is 28.1 Å². The maximum Gasteiger partial charge on any atom is 0.305 e. The van der Waals surface area contributed by atoms with E-state index in [-0.39, 0.29) is 40.2 Å². The van der Waals surface area contributed by atoms with Gasteiger partial charge < -0.3 is 23.8 Å². The number of amides is 1. The molecule has 1 amide bonds. The molecule has 0 saturated heterocycles. The number of nitrogens with one attached hydrogen (secondary N) is 1. The van der Waals surface area contributed by atoms with Crippen LogP contribution in [-0.4, -0.2) is 50.4 Å². The summed E-state index contributed by atoms with van der Waals surface area (Å²) in [7, 11) is -4.69.